The van der Waals surface area contributed by atoms with Gasteiger partial charge in [-0.1, -0.05) is 17.9 Å². The third-order valence-electron chi connectivity index (χ3n) is 2.11. The van der Waals surface area contributed by atoms with Gasteiger partial charge >= 0.3 is 0 Å². The van der Waals surface area contributed by atoms with Gasteiger partial charge in [0, 0.05) is 11.6 Å². The van der Waals surface area contributed by atoms with Gasteiger partial charge < -0.3 is 5.11 Å². The lowest BCUT2D eigenvalue weighted by molar-refractivity contribution is 0.350. The van der Waals surface area contributed by atoms with E-state index in [1.54, 1.807) is 26.0 Å². The normalized spacial score (nSPS) is 11.0. The maximum Gasteiger partial charge on any atom is 0.299 e. The summed E-state index contributed by atoms with van der Waals surface area (Å²) in [6.45, 7) is 5.06. The van der Waals surface area contributed by atoms with Crippen LogP contribution >= 0.6 is 0 Å². The molecule has 5 nitrogen and oxygen atoms in total. The first-order chi connectivity index (χ1) is 8.84. The van der Waals surface area contributed by atoms with Crippen LogP contribution in [0.5, 0.6) is 0 Å². The summed E-state index contributed by atoms with van der Waals surface area (Å²) in [5, 5.41) is 8.70. The van der Waals surface area contributed by atoms with Crippen molar-refractivity contribution < 1.29 is 13.5 Å². The smallest absolute Gasteiger partial charge is 0.299 e. The molecule has 0 aliphatic heterocycles. The van der Waals surface area contributed by atoms with Crippen LogP contribution < -0.4 is 9.44 Å². The summed E-state index contributed by atoms with van der Waals surface area (Å²) in [5.41, 5.74) is 1.83. The highest BCUT2D eigenvalue weighted by molar-refractivity contribution is 7.90. The van der Waals surface area contributed by atoms with Crippen LogP contribution in [-0.2, 0) is 10.2 Å². The highest BCUT2D eigenvalue weighted by atomic mass is 32.2. The average molecular weight is 282 g/mol. The Hall–Kier alpha value is -1.55. The molecule has 0 unspecified atom stereocenters. The molecule has 0 atom stereocenters. The van der Waals surface area contributed by atoms with E-state index >= 15 is 0 Å². The lowest BCUT2D eigenvalue weighted by Gasteiger charge is -2.13. The van der Waals surface area contributed by atoms with Crippen molar-refractivity contribution in [3.8, 4) is 11.8 Å². The Morgan fingerprint density at radius 2 is 2.05 bits per heavy atom. The number of anilines is 1. The molecular weight excluding hydrogens is 264 g/mol. The zero-order valence-corrected chi connectivity index (χ0v) is 12.0. The molecule has 19 heavy (non-hydrogen) atoms. The predicted molar refractivity (Wildman–Crippen MR) is 76.0 cm³/mol. The van der Waals surface area contributed by atoms with Gasteiger partial charge in [-0.15, -0.1) is 0 Å². The summed E-state index contributed by atoms with van der Waals surface area (Å²) in [6, 6.07) is 5.04. The molecule has 0 aliphatic carbocycles. The van der Waals surface area contributed by atoms with Crippen molar-refractivity contribution in [2.45, 2.75) is 26.8 Å². The Morgan fingerprint density at radius 1 is 1.37 bits per heavy atom. The summed E-state index contributed by atoms with van der Waals surface area (Å²) in [5.74, 6) is 5.21. The number of aliphatic hydroxyl groups is 1. The fraction of sp³-hybridized carbons (Fsp3) is 0.385. The van der Waals surface area contributed by atoms with Gasteiger partial charge in [0.25, 0.3) is 10.2 Å². The lowest BCUT2D eigenvalue weighted by Crippen LogP contribution is -2.35. The zero-order valence-electron chi connectivity index (χ0n) is 11.2. The second kappa shape index (κ2) is 6.57. The van der Waals surface area contributed by atoms with E-state index in [4.69, 9.17) is 5.11 Å². The fourth-order valence-corrected chi connectivity index (χ4v) is 2.61. The molecule has 3 N–H and O–H groups in total. The molecule has 104 valence electrons. The van der Waals surface area contributed by atoms with Crippen molar-refractivity contribution in [3.05, 3.63) is 29.3 Å². The van der Waals surface area contributed by atoms with Crippen molar-refractivity contribution in [3.63, 3.8) is 0 Å². The predicted octanol–water partition coefficient (Wildman–Crippen LogP) is 0.994. The SMILES string of the molecule is Cc1ccc(C#CCO)c(NS(=O)(=O)NC(C)C)c1. The number of hydrogen-bond donors (Lipinski definition) is 3. The summed E-state index contributed by atoms with van der Waals surface area (Å²) in [6.07, 6.45) is 0. The van der Waals surface area contributed by atoms with Crippen LogP contribution in [-0.4, -0.2) is 26.2 Å². The standard InChI is InChI=1S/C13H18N2O3S/c1-10(2)14-19(17,18)15-13-9-11(3)6-7-12(13)5-4-8-16/h6-7,9-10,14-16H,8H2,1-3H3. The van der Waals surface area contributed by atoms with Crippen molar-refractivity contribution >= 4 is 15.9 Å². The molecular formula is C13H18N2O3S. The number of aliphatic hydroxyl groups excluding tert-OH is 1. The minimum atomic E-state index is -3.63. The van der Waals surface area contributed by atoms with Crippen LogP contribution in [0, 0.1) is 18.8 Å². The van der Waals surface area contributed by atoms with Crippen molar-refractivity contribution in [1.29, 1.82) is 0 Å². The molecule has 1 aromatic rings. The largest absolute Gasteiger partial charge is 0.384 e. The molecule has 0 heterocycles. The minimum Gasteiger partial charge on any atom is -0.384 e. The van der Waals surface area contributed by atoms with Gasteiger partial charge in [-0.2, -0.15) is 13.1 Å². The summed E-state index contributed by atoms with van der Waals surface area (Å²) < 4.78 is 28.5. The first-order valence-electron chi connectivity index (χ1n) is 5.84. The topological polar surface area (TPSA) is 78.4 Å². The van der Waals surface area contributed by atoms with Gasteiger partial charge in [-0.3, -0.25) is 4.72 Å². The van der Waals surface area contributed by atoms with Crippen LogP contribution in [0.3, 0.4) is 0 Å². The van der Waals surface area contributed by atoms with Gasteiger partial charge in [0.05, 0.1) is 5.69 Å². The van der Waals surface area contributed by atoms with Crippen LogP contribution in [0.1, 0.15) is 25.0 Å². The molecule has 1 rings (SSSR count). The van der Waals surface area contributed by atoms with Crippen LogP contribution in [0.25, 0.3) is 0 Å². The first-order valence-corrected chi connectivity index (χ1v) is 7.33. The van der Waals surface area contributed by atoms with Crippen molar-refractivity contribution in [2.24, 2.45) is 0 Å². The van der Waals surface area contributed by atoms with Crippen LogP contribution in [0.15, 0.2) is 18.2 Å². The molecule has 0 saturated heterocycles. The van der Waals surface area contributed by atoms with E-state index in [-0.39, 0.29) is 12.6 Å². The number of hydrogen-bond acceptors (Lipinski definition) is 3. The number of benzene rings is 1. The highest BCUT2D eigenvalue weighted by Crippen LogP contribution is 2.17. The maximum atomic E-state index is 11.8. The molecule has 0 bridgehead atoms. The van der Waals surface area contributed by atoms with E-state index in [1.165, 1.54) is 0 Å². The fourth-order valence-electron chi connectivity index (χ4n) is 1.47. The molecule has 0 aromatic heterocycles. The molecule has 6 heteroatoms. The second-order valence-electron chi connectivity index (χ2n) is 4.39. The summed E-state index contributed by atoms with van der Waals surface area (Å²) in [4.78, 5) is 0. The Kier molecular flexibility index (Phi) is 5.36. The van der Waals surface area contributed by atoms with Gasteiger partial charge in [-0.05, 0) is 38.5 Å². The van der Waals surface area contributed by atoms with E-state index in [2.05, 4.69) is 21.3 Å². The van der Waals surface area contributed by atoms with E-state index in [1.807, 2.05) is 13.0 Å². The Balaban J connectivity index is 3.09. The van der Waals surface area contributed by atoms with E-state index < -0.39 is 10.2 Å². The second-order valence-corrected chi connectivity index (χ2v) is 5.83. The first kappa shape index (κ1) is 15.5. The lowest BCUT2D eigenvalue weighted by atomic mass is 10.1. The van der Waals surface area contributed by atoms with Gasteiger partial charge in [0.2, 0.25) is 0 Å². The van der Waals surface area contributed by atoms with E-state index in [0.717, 1.165) is 5.56 Å². The van der Waals surface area contributed by atoms with Crippen molar-refractivity contribution in [1.82, 2.24) is 4.72 Å². The molecule has 0 saturated carbocycles. The number of rotatable bonds is 4. The average Bonchev–Trinajstić information content (AvgIpc) is 2.25. The maximum absolute atomic E-state index is 11.8. The summed E-state index contributed by atoms with van der Waals surface area (Å²) >= 11 is 0. The molecule has 1 aromatic carbocycles. The van der Waals surface area contributed by atoms with Crippen LogP contribution in [0.4, 0.5) is 5.69 Å². The van der Waals surface area contributed by atoms with E-state index in [0.29, 0.717) is 11.3 Å². The minimum absolute atomic E-state index is 0.200. The third-order valence-corrected chi connectivity index (χ3v) is 3.38. The highest BCUT2D eigenvalue weighted by Gasteiger charge is 2.13. The van der Waals surface area contributed by atoms with Gasteiger partial charge in [0.15, 0.2) is 0 Å². The van der Waals surface area contributed by atoms with Crippen LogP contribution in [0.2, 0.25) is 0 Å². The molecule has 0 radical (unpaired) electrons. The monoisotopic (exact) mass is 282 g/mol. The number of aryl methyl sites for hydroxylation is 1. The third kappa shape index (κ3) is 5.30. The Bertz CT molecular complexity index is 598. The Labute approximate surface area is 114 Å². The zero-order chi connectivity index (χ0) is 14.5. The van der Waals surface area contributed by atoms with Gasteiger partial charge in [0.1, 0.15) is 6.61 Å². The van der Waals surface area contributed by atoms with E-state index in [9.17, 15) is 8.42 Å². The Morgan fingerprint density at radius 3 is 2.63 bits per heavy atom. The molecule has 0 amide bonds. The summed E-state index contributed by atoms with van der Waals surface area (Å²) in [7, 11) is -3.63. The van der Waals surface area contributed by atoms with Gasteiger partial charge in [-0.25, -0.2) is 0 Å². The number of nitrogens with one attached hydrogen (secondary N) is 2. The molecule has 0 fully saturated rings. The van der Waals surface area contributed by atoms with Crippen molar-refractivity contribution in [2.75, 3.05) is 11.3 Å². The molecule has 0 spiro atoms. The quantitative estimate of drug-likeness (QED) is 0.721. The molecule has 0 aliphatic rings.